The summed E-state index contributed by atoms with van der Waals surface area (Å²) in [5.41, 5.74) is -0.190. The number of hydrogen-bond acceptors (Lipinski definition) is 5. The first-order valence-electron chi connectivity index (χ1n) is 9.64. The van der Waals surface area contributed by atoms with Crippen LogP contribution in [0.15, 0.2) is 15.4 Å². The lowest BCUT2D eigenvalue weighted by molar-refractivity contribution is -0.0473. The van der Waals surface area contributed by atoms with Crippen LogP contribution in [0.2, 0.25) is 0 Å². The normalized spacial score (nSPS) is 25.8. The fraction of sp³-hybridized carbons (Fsp3) is 0.789. The van der Waals surface area contributed by atoms with E-state index in [4.69, 9.17) is 9.26 Å². The second-order valence-electron chi connectivity index (χ2n) is 8.83. The standard InChI is InChI=1S/C19H31N3O4/c1-18(2)9-7-10-19(3,4)22(18)13-14-8-5-6-11-21(14)17(24)25-16-12-15(23)20-26-16/h12,14H,5-11,13H2,1-4H3,(H,20,23). The predicted octanol–water partition coefficient (Wildman–Crippen LogP) is 3.36. The average Bonchev–Trinajstić information content (AvgIpc) is 2.96. The molecule has 1 unspecified atom stereocenters. The van der Waals surface area contributed by atoms with E-state index in [-0.39, 0.29) is 23.1 Å². The Bertz CT molecular complexity index is 675. The Morgan fingerprint density at radius 1 is 1.23 bits per heavy atom. The first-order valence-corrected chi connectivity index (χ1v) is 9.64. The van der Waals surface area contributed by atoms with Gasteiger partial charge < -0.3 is 14.2 Å². The van der Waals surface area contributed by atoms with Gasteiger partial charge in [-0.15, -0.1) is 0 Å². The molecule has 1 amide bonds. The minimum absolute atomic E-state index is 0.0806. The van der Waals surface area contributed by atoms with Crippen LogP contribution in [0.3, 0.4) is 0 Å². The molecule has 1 aromatic heterocycles. The second-order valence-corrected chi connectivity index (χ2v) is 8.83. The summed E-state index contributed by atoms with van der Waals surface area (Å²) in [4.78, 5) is 28.2. The zero-order chi connectivity index (χ0) is 18.9. The maximum absolute atomic E-state index is 12.7. The zero-order valence-corrected chi connectivity index (χ0v) is 16.3. The van der Waals surface area contributed by atoms with Gasteiger partial charge >= 0.3 is 12.0 Å². The predicted molar refractivity (Wildman–Crippen MR) is 98.4 cm³/mol. The Morgan fingerprint density at radius 2 is 1.92 bits per heavy atom. The van der Waals surface area contributed by atoms with Crippen molar-refractivity contribution in [3.63, 3.8) is 0 Å². The number of hydrogen-bond donors (Lipinski definition) is 1. The van der Waals surface area contributed by atoms with Gasteiger partial charge in [-0.05, 0) is 66.2 Å². The van der Waals surface area contributed by atoms with Crippen LogP contribution >= 0.6 is 0 Å². The van der Waals surface area contributed by atoms with Gasteiger partial charge in [0.15, 0.2) is 0 Å². The molecule has 1 aromatic rings. The molecule has 1 atom stereocenters. The molecule has 2 aliphatic rings. The summed E-state index contributed by atoms with van der Waals surface area (Å²) in [5, 5.41) is 2.14. The number of aromatic amines is 1. The van der Waals surface area contributed by atoms with Crippen molar-refractivity contribution < 1.29 is 14.1 Å². The Kier molecular flexibility index (Phi) is 5.19. The molecule has 0 aromatic carbocycles. The number of piperidine rings is 2. The van der Waals surface area contributed by atoms with Crippen LogP contribution in [0.1, 0.15) is 66.2 Å². The summed E-state index contributed by atoms with van der Waals surface area (Å²) in [6.07, 6.45) is 6.18. The molecule has 7 nitrogen and oxygen atoms in total. The van der Waals surface area contributed by atoms with E-state index in [1.165, 1.54) is 19.3 Å². The van der Waals surface area contributed by atoms with Crippen LogP contribution in [-0.4, -0.2) is 51.3 Å². The Balaban J connectivity index is 1.73. The molecule has 2 saturated heterocycles. The van der Waals surface area contributed by atoms with Gasteiger partial charge in [-0.25, -0.2) is 4.79 Å². The van der Waals surface area contributed by atoms with Gasteiger partial charge in [-0.2, -0.15) is 5.16 Å². The molecule has 0 radical (unpaired) electrons. The number of ether oxygens (including phenoxy) is 1. The SMILES string of the molecule is CC1(C)CCCC(C)(C)N1CC1CCCCN1C(=O)Oc1cc(=O)[nH]o1. The fourth-order valence-corrected chi connectivity index (χ4v) is 4.64. The molecule has 0 saturated carbocycles. The average molecular weight is 365 g/mol. The molecule has 0 bridgehead atoms. The number of nitrogens with zero attached hydrogens (tertiary/aromatic N) is 2. The van der Waals surface area contributed by atoms with E-state index in [9.17, 15) is 9.59 Å². The van der Waals surface area contributed by atoms with Crippen LogP contribution in [0, 0.1) is 0 Å². The maximum atomic E-state index is 12.7. The molecule has 26 heavy (non-hydrogen) atoms. The minimum atomic E-state index is -0.440. The minimum Gasteiger partial charge on any atom is -0.374 e. The fourth-order valence-electron chi connectivity index (χ4n) is 4.64. The van der Waals surface area contributed by atoms with Crippen molar-refractivity contribution in [3.05, 3.63) is 16.4 Å². The first kappa shape index (κ1) is 19.0. The molecular weight excluding hydrogens is 334 g/mol. The number of aromatic nitrogens is 1. The molecule has 146 valence electrons. The van der Waals surface area contributed by atoms with Crippen molar-refractivity contribution in [2.45, 2.75) is 83.3 Å². The van der Waals surface area contributed by atoms with E-state index in [0.717, 1.165) is 31.9 Å². The van der Waals surface area contributed by atoms with E-state index in [1.807, 2.05) is 0 Å². The van der Waals surface area contributed by atoms with Gasteiger partial charge in [0.2, 0.25) is 0 Å². The number of rotatable bonds is 3. The lowest BCUT2D eigenvalue weighted by atomic mass is 9.79. The monoisotopic (exact) mass is 365 g/mol. The molecule has 0 spiro atoms. The molecule has 3 rings (SSSR count). The highest BCUT2D eigenvalue weighted by molar-refractivity contribution is 5.70. The number of amides is 1. The lowest BCUT2D eigenvalue weighted by Crippen LogP contribution is -2.63. The summed E-state index contributed by atoms with van der Waals surface area (Å²) in [6, 6.07) is 1.26. The van der Waals surface area contributed by atoms with E-state index in [0.29, 0.717) is 6.54 Å². The van der Waals surface area contributed by atoms with Gasteiger partial charge in [-0.3, -0.25) is 9.69 Å². The van der Waals surface area contributed by atoms with Gasteiger partial charge in [0.25, 0.3) is 5.56 Å². The van der Waals surface area contributed by atoms with Crippen molar-refractivity contribution in [2.24, 2.45) is 0 Å². The number of H-pyrrole nitrogens is 1. The molecule has 3 heterocycles. The van der Waals surface area contributed by atoms with Crippen molar-refractivity contribution >= 4 is 6.09 Å². The highest BCUT2D eigenvalue weighted by atomic mass is 16.7. The number of carbonyl (C=O) groups excluding carboxylic acids is 1. The highest BCUT2D eigenvalue weighted by Crippen LogP contribution is 2.39. The topological polar surface area (TPSA) is 78.8 Å². The largest absolute Gasteiger partial charge is 0.417 e. The quantitative estimate of drug-likeness (QED) is 0.888. The van der Waals surface area contributed by atoms with Crippen molar-refractivity contribution in [2.75, 3.05) is 13.1 Å². The second kappa shape index (κ2) is 7.10. The molecule has 0 aliphatic carbocycles. The lowest BCUT2D eigenvalue weighted by Gasteiger charge is -2.55. The van der Waals surface area contributed by atoms with Crippen molar-refractivity contribution in [3.8, 4) is 5.95 Å². The molecular formula is C19H31N3O4. The summed E-state index contributed by atoms with van der Waals surface area (Å²) in [6.45, 7) is 10.7. The summed E-state index contributed by atoms with van der Waals surface area (Å²) in [5.74, 6) is -0.0806. The highest BCUT2D eigenvalue weighted by Gasteiger charge is 2.43. The van der Waals surface area contributed by atoms with E-state index in [2.05, 4.69) is 37.8 Å². The van der Waals surface area contributed by atoms with Crippen LogP contribution in [-0.2, 0) is 0 Å². The van der Waals surface area contributed by atoms with Crippen LogP contribution in [0.25, 0.3) is 0 Å². The molecule has 2 aliphatic heterocycles. The number of carbonyl (C=O) groups is 1. The molecule has 7 heteroatoms. The maximum Gasteiger partial charge on any atom is 0.417 e. The van der Waals surface area contributed by atoms with Crippen LogP contribution in [0.4, 0.5) is 4.79 Å². The summed E-state index contributed by atoms with van der Waals surface area (Å²) < 4.78 is 10.1. The third-order valence-corrected chi connectivity index (χ3v) is 5.98. The summed E-state index contributed by atoms with van der Waals surface area (Å²) in [7, 11) is 0. The third-order valence-electron chi connectivity index (χ3n) is 5.98. The summed E-state index contributed by atoms with van der Waals surface area (Å²) >= 11 is 0. The van der Waals surface area contributed by atoms with Gasteiger partial charge in [-0.1, -0.05) is 0 Å². The number of nitrogens with one attached hydrogen (secondary N) is 1. The Hall–Kier alpha value is -1.76. The smallest absolute Gasteiger partial charge is 0.374 e. The number of likely N-dealkylation sites (tertiary alicyclic amines) is 2. The van der Waals surface area contributed by atoms with Gasteiger partial charge in [0.1, 0.15) is 0 Å². The van der Waals surface area contributed by atoms with Crippen LogP contribution in [0.5, 0.6) is 5.95 Å². The van der Waals surface area contributed by atoms with E-state index >= 15 is 0 Å². The van der Waals surface area contributed by atoms with E-state index < -0.39 is 11.7 Å². The first-order chi connectivity index (χ1) is 12.2. The Labute approximate surface area is 154 Å². The van der Waals surface area contributed by atoms with Gasteiger partial charge in [0.05, 0.1) is 6.07 Å². The van der Waals surface area contributed by atoms with Gasteiger partial charge in [0, 0.05) is 30.2 Å². The van der Waals surface area contributed by atoms with Crippen molar-refractivity contribution in [1.29, 1.82) is 0 Å². The third kappa shape index (κ3) is 3.98. The van der Waals surface area contributed by atoms with Crippen LogP contribution < -0.4 is 10.3 Å². The Morgan fingerprint density at radius 3 is 2.54 bits per heavy atom. The molecule has 1 N–H and O–H groups in total. The van der Waals surface area contributed by atoms with E-state index in [1.54, 1.807) is 4.90 Å². The molecule has 2 fully saturated rings. The zero-order valence-electron chi connectivity index (χ0n) is 16.3. The van der Waals surface area contributed by atoms with Crippen molar-refractivity contribution in [1.82, 2.24) is 15.0 Å².